The van der Waals surface area contributed by atoms with Gasteiger partial charge >= 0.3 is 0 Å². The Balaban J connectivity index is 1.71. The number of carbonyl (C=O) groups excluding carboxylic acids is 2. The lowest BCUT2D eigenvalue weighted by molar-refractivity contribution is -0.122. The molecule has 0 radical (unpaired) electrons. The van der Waals surface area contributed by atoms with E-state index in [1.807, 2.05) is 30.3 Å². The lowest BCUT2D eigenvalue weighted by Crippen LogP contribution is -2.50. The van der Waals surface area contributed by atoms with Gasteiger partial charge in [-0.3, -0.25) is 9.59 Å². The van der Waals surface area contributed by atoms with E-state index < -0.39 is 6.04 Å². The highest BCUT2D eigenvalue weighted by atomic mass is 35.5. The Labute approximate surface area is 170 Å². The van der Waals surface area contributed by atoms with Gasteiger partial charge in [0.1, 0.15) is 0 Å². The molecule has 2 aromatic carbocycles. The topological polar surface area (TPSA) is 70.2 Å². The Morgan fingerprint density at radius 3 is 2.57 bits per heavy atom. The quantitative estimate of drug-likeness (QED) is 0.697. The maximum Gasteiger partial charge on any atom is 0.253 e. The van der Waals surface area contributed by atoms with Crippen LogP contribution in [0.15, 0.2) is 54.6 Å². The van der Waals surface area contributed by atoms with Crippen molar-refractivity contribution in [2.75, 3.05) is 13.1 Å². The molecule has 3 atom stereocenters. The normalized spacial score (nSPS) is 20.2. The van der Waals surface area contributed by atoms with E-state index in [0.29, 0.717) is 16.5 Å². The van der Waals surface area contributed by atoms with Crippen LogP contribution in [-0.4, -0.2) is 30.9 Å². The zero-order valence-electron chi connectivity index (χ0n) is 16.0. The van der Waals surface area contributed by atoms with Gasteiger partial charge in [0, 0.05) is 12.6 Å². The minimum absolute atomic E-state index is 0.0751. The molecule has 0 aromatic heterocycles. The van der Waals surface area contributed by atoms with Gasteiger partial charge in [-0.1, -0.05) is 61.0 Å². The average Bonchev–Trinajstić information content (AvgIpc) is 2.70. The second-order valence-corrected chi connectivity index (χ2v) is 7.67. The molecule has 3 unspecified atom stereocenters. The smallest absolute Gasteiger partial charge is 0.253 e. The fraction of sp³-hybridized carbons (Fsp3) is 0.364. The van der Waals surface area contributed by atoms with Gasteiger partial charge in [-0.15, -0.1) is 0 Å². The predicted molar refractivity (Wildman–Crippen MR) is 111 cm³/mol. The van der Waals surface area contributed by atoms with E-state index in [0.717, 1.165) is 25.1 Å². The van der Waals surface area contributed by atoms with Crippen LogP contribution in [0.5, 0.6) is 0 Å². The number of hydrogen-bond donors (Lipinski definition) is 3. The van der Waals surface area contributed by atoms with Crippen LogP contribution in [0.4, 0.5) is 0 Å². The standard InChI is InChI=1S/C22H26ClN3O2/c1-15-11-12-24-14-20(15)25-21(27)13-19(16-7-3-2-4-8-16)26-22(28)17-9-5-6-10-18(17)23/h2-10,15,19-20,24H,11-14H2,1H3,(H,25,27)(H,26,28). The number of nitrogens with one attached hydrogen (secondary N) is 3. The SMILES string of the molecule is CC1CCNCC1NC(=O)CC(NC(=O)c1ccccc1Cl)c1ccccc1. The molecule has 2 aromatic rings. The van der Waals surface area contributed by atoms with Crippen molar-refractivity contribution in [2.24, 2.45) is 5.92 Å². The number of halogens is 1. The Bertz CT molecular complexity index is 812. The summed E-state index contributed by atoms with van der Waals surface area (Å²) in [5, 5.41) is 9.79. The molecule has 0 aliphatic carbocycles. The molecule has 148 valence electrons. The first-order chi connectivity index (χ1) is 13.5. The van der Waals surface area contributed by atoms with Gasteiger partial charge in [-0.05, 0) is 36.6 Å². The number of hydrogen-bond acceptors (Lipinski definition) is 3. The van der Waals surface area contributed by atoms with Crippen molar-refractivity contribution in [3.8, 4) is 0 Å². The summed E-state index contributed by atoms with van der Waals surface area (Å²) in [4.78, 5) is 25.4. The zero-order chi connectivity index (χ0) is 19.9. The van der Waals surface area contributed by atoms with Crippen molar-refractivity contribution in [2.45, 2.75) is 31.8 Å². The van der Waals surface area contributed by atoms with Crippen molar-refractivity contribution >= 4 is 23.4 Å². The van der Waals surface area contributed by atoms with Gasteiger partial charge in [0.2, 0.25) is 5.91 Å². The fourth-order valence-corrected chi connectivity index (χ4v) is 3.67. The maximum absolute atomic E-state index is 12.7. The second kappa shape index (κ2) is 9.71. The van der Waals surface area contributed by atoms with Crippen LogP contribution >= 0.6 is 11.6 Å². The molecule has 6 heteroatoms. The third kappa shape index (κ3) is 5.33. The van der Waals surface area contributed by atoms with E-state index in [9.17, 15) is 9.59 Å². The van der Waals surface area contributed by atoms with E-state index in [-0.39, 0.29) is 24.3 Å². The van der Waals surface area contributed by atoms with E-state index in [1.54, 1.807) is 24.3 Å². The van der Waals surface area contributed by atoms with Crippen molar-refractivity contribution in [1.82, 2.24) is 16.0 Å². The molecule has 2 amide bonds. The fourth-order valence-electron chi connectivity index (χ4n) is 3.45. The Hall–Kier alpha value is -2.37. The lowest BCUT2D eigenvalue weighted by Gasteiger charge is -2.31. The highest BCUT2D eigenvalue weighted by Crippen LogP contribution is 2.21. The molecule has 1 aliphatic heterocycles. The first-order valence-corrected chi connectivity index (χ1v) is 10.0. The molecule has 28 heavy (non-hydrogen) atoms. The second-order valence-electron chi connectivity index (χ2n) is 7.26. The molecule has 1 aliphatic rings. The van der Waals surface area contributed by atoms with Crippen LogP contribution in [0.2, 0.25) is 5.02 Å². The van der Waals surface area contributed by atoms with Gasteiger partial charge < -0.3 is 16.0 Å². The van der Waals surface area contributed by atoms with E-state index in [4.69, 9.17) is 11.6 Å². The summed E-state index contributed by atoms with van der Waals surface area (Å²) < 4.78 is 0. The Kier molecular flexibility index (Phi) is 7.06. The van der Waals surface area contributed by atoms with E-state index in [1.165, 1.54) is 0 Å². The van der Waals surface area contributed by atoms with E-state index >= 15 is 0 Å². The highest BCUT2D eigenvalue weighted by Gasteiger charge is 2.25. The lowest BCUT2D eigenvalue weighted by atomic mass is 9.94. The largest absolute Gasteiger partial charge is 0.352 e. The number of carbonyl (C=O) groups is 2. The summed E-state index contributed by atoms with van der Waals surface area (Å²) in [6, 6.07) is 16.1. The number of piperidine rings is 1. The molecule has 1 saturated heterocycles. The molecular weight excluding hydrogens is 374 g/mol. The molecule has 0 saturated carbocycles. The number of rotatable bonds is 6. The monoisotopic (exact) mass is 399 g/mol. The summed E-state index contributed by atoms with van der Waals surface area (Å²) in [6.45, 7) is 3.91. The predicted octanol–water partition coefficient (Wildman–Crippen LogP) is 3.32. The van der Waals surface area contributed by atoms with Crippen LogP contribution in [0, 0.1) is 5.92 Å². The van der Waals surface area contributed by atoms with Gasteiger partial charge in [0.25, 0.3) is 5.91 Å². The van der Waals surface area contributed by atoms with Crippen LogP contribution in [0.3, 0.4) is 0 Å². The van der Waals surface area contributed by atoms with Gasteiger partial charge in [-0.2, -0.15) is 0 Å². The molecule has 1 heterocycles. The van der Waals surface area contributed by atoms with Crippen molar-refractivity contribution in [3.63, 3.8) is 0 Å². The first kappa shape index (κ1) is 20.4. The third-order valence-corrected chi connectivity index (χ3v) is 5.52. The average molecular weight is 400 g/mol. The molecule has 5 nitrogen and oxygen atoms in total. The highest BCUT2D eigenvalue weighted by molar-refractivity contribution is 6.33. The van der Waals surface area contributed by atoms with Crippen molar-refractivity contribution in [1.29, 1.82) is 0 Å². The number of amides is 2. The van der Waals surface area contributed by atoms with Crippen LogP contribution in [0.25, 0.3) is 0 Å². The summed E-state index contributed by atoms with van der Waals surface area (Å²) in [5.74, 6) is 0.0620. The molecule has 1 fully saturated rings. The first-order valence-electron chi connectivity index (χ1n) is 9.65. The van der Waals surface area contributed by atoms with E-state index in [2.05, 4.69) is 22.9 Å². The minimum Gasteiger partial charge on any atom is -0.352 e. The van der Waals surface area contributed by atoms with Crippen molar-refractivity contribution in [3.05, 3.63) is 70.7 Å². The zero-order valence-corrected chi connectivity index (χ0v) is 16.7. The molecule has 3 N–H and O–H groups in total. The van der Waals surface area contributed by atoms with Crippen LogP contribution in [-0.2, 0) is 4.79 Å². The summed E-state index contributed by atoms with van der Waals surface area (Å²) >= 11 is 6.15. The Morgan fingerprint density at radius 2 is 1.86 bits per heavy atom. The van der Waals surface area contributed by atoms with Crippen LogP contribution in [0.1, 0.15) is 41.7 Å². The van der Waals surface area contributed by atoms with Crippen molar-refractivity contribution < 1.29 is 9.59 Å². The molecular formula is C22H26ClN3O2. The third-order valence-electron chi connectivity index (χ3n) is 5.19. The molecule has 3 rings (SSSR count). The number of benzene rings is 2. The molecule has 0 bridgehead atoms. The van der Waals surface area contributed by atoms with Gasteiger partial charge in [-0.25, -0.2) is 0 Å². The van der Waals surface area contributed by atoms with Gasteiger partial charge in [0.15, 0.2) is 0 Å². The summed E-state index contributed by atoms with van der Waals surface area (Å²) in [5.41, 5.74) is 1.28. The Morgan fingerprint density at radius 1 is 1.14 bits per heavy atom. The minimum atomic E-state index is -0.433. The summed E-state index contributed by atoms with van der Waals surface area (Å²) in [7, 11) is 0. The molecule has 0 spiro atoms. The summed E-state index contributed by atoms with van der Waals surface area (Å²) in [6.07, 6.45) is 1.21. The maximum atomic E-state index is 12.7. The van der Waals surface area contributed by atoms with Crippen LogP contribution < -0.4 is 16.0 Å². The van der Waals surface area contributed by atoms with Gasteiger partial charge in [0.05, 0.1) is 23.0 Å².